The van der Waals surface area contributed by atoms with E-state index in [1.165, 1.54) is 17.0 Å². The van der Waals surface area contributed by atoms with Crippen LogP contribution in [0.5, 0.6) is 0 Å². The van der Waals surface area contributed by atoms with E-state index >= 15 is 0 Å². The van der Waals surface area contributed by atoms with Gasteiger partial charge in [-0.25, -0.2) is 8.42 Å². The van der Waals surface area contributed by atoms with E-state index in [9.17, 15) is 18.0 Å². The summed E-state index contributed by atoms with van der Waals surface area (Å²) in [6.45, 7) is 3.48. The van der Waals surface area contributed by atoms with Crippen LogP contribution >= 0.6 is 11.6 Å². The van der Waals surface area contributed by atoms with Crippen LogP contribution in [-0.2, 0) is 32.6 Å². The number of nitrogens with one attached hydrogen (secondary N) is 1. The molecule has 7 nitrogen and oxygen atoms in total. The van der Waals surface area contributed by atoms with Gasteiger partial charge in [0.2, 0.25) is 11.8 Å². The van der Waals surface area contributed by atoms with Gasteiger partial charge in [0.05, 0.1) is 10.6 Å². The van der Waals surface area contributed by atoms with E-state index in [2.05, 4.69) is 5.32 Å². The third-order valence-electron chi connectivity index (χ3n) is 7.88. The van der Waals surface area contributed by atoms with Gasteiger partial charge in [-0.15, -0.1) is 0 Å². The smallest absolute Gasteiger partial charge is 0.264 e. The molecule has 1 atom stereocenters. The van der Waals surface area contributed by atoms with Crippen LogP contribution in [0.2, 0.25) is 5.02 Å². The summed E-state index contributed by atoms with van der Waals surface area (Å²) in [5.41, 5.74) is 2.11. The number of sulfonamides is 1. The van der Waals surface area contributed by atoms with Crippen LogP contribution in [0.3, 0.4) is 0 Å². The Bertz CT molecular complexity index is 1440. The Morgan fingerprint density at radius 3 is 2.17 bits per heavy atom. The van der Waals surface area contributed by atoms with Gasteiger partial charge in [-0.2, -0.15) is 0 Å². The first-order valence-corrected chi connectivity index (χ1v) is 16.6. The molecule has 3 aromatic carbocycles. The molecule has 0 unspecified atom stereocenters. The van der Waals surface area contributed by atoms with Crippen molar-refractivity contribution in [1.82, 2.24) is 10.2 Å². The maximum Gasteiger partial charge on any atom is 0.264 e. The van der Waals surface area contributed by atoms with E-state index < -0.39 is 28.5 Å². The molecule has 2 amide bonds. The molecular formula is C33H40ClN3O4S. The van der Waals surface area contributed by atoms with Crippen LogP contribution in [-0.4, -0.2) is 43.8 Å². The van der Waals surface area contributed by atoms with Crippen LogP contribution in [0.1, 0.15) is 63.5 Å². The molecule has 0 heterocycles. The van der Waals surface area contributed by atoms with Crippen LogP contribution < -0.4 is 9.62 Å². The summed E-state index contributed by atoms with van der Waals surface area (Å²) in [5, 5.41) is 3.64. The first kappa shape index (κ1) is 31.6. The van der Waals surface area contributed by atoms with Gasteiger partial charge in [-0.1, -0.05) is 93.2 Å². The molecule has 0 spiro atoms. The van der Waals surface area contributed by atoms with Crippen molar-refractivity contribution in [3.8, 4) is 0 Å². The van der Waals surface area contributed by atoms with Gasteiger partial charge in [0.1, 0.15) is 12.6 Å². The molecule has 1 aliphatic carbocycles. The molecular weight excluding hydrogens is 570 g/mol. The number of carbonyl (C=O) groups excluding carboxylic acids is 2. The minimum absolute atomic E-state index is 0.0725. The molecule has 1 N–H and O–H groups in total. The highest BCUT2D eigenvalue weighted by atomic mass is 35.5. The van der Waals surface area contributed by atoms with E-state index in [1.807, 2.05) is 38.1 Å². The molecule has 1 aliphatic rings. The second-order valence-corrected chi connectivity index (χ2v) is 13.0. The summed E-state index contributed by atoms with van der Waals surface area (Å²) in [6.07, 6.45) is 6.27. The second kappa shape index (κ2) is 14.7. The van der Waals surface area contributed by atoms with Gasteiger partial charge < -0.3 is 10.2 Å². The Balaban J connectivity index is 1.70. The summed E-state index contributed by atoms with van der Waals surface area (Å²) in [5.74, 6) is -0.714. The number of rotatable bonds is 12. The number of hydrogen-bond donors (Lipinski definition) is 1. The zero-order chi connectivity index (χ0) is 30.1. The molecule has 1 saturated carbocycles. The average Bonchev–Trinajstić information content (AvgIpc) is 3.01. The molecule has 3 aromatic rings. The lowest BCUT2D eigenvalue weighted by molar-refractivity contribution is -0.140. The van der Waals surface area contributed by atoms with E-state index in [1.54, 1.807) is 42.5 Å². The van der Waals surface area contributed by atoms with Gasteiger partial charge in [0.15, 0.2) is 0 Å². The lowest BCUT2D eigenvalue weighted by atomic mass is 9.95. The SMILES string of the molecule is CCc1ccc(N(CC(=O)N(Cc2ccccc2Cl)[C@H](CC)C(=O)NC2CCCCC2)S(=O)(=O)c2ccccc2)cc1. The van der Waals surface area contributed by atoms with Gasteiger partial charge >= 0.3 is 0 Å². The predicted molar refractivity (Wildman–Crippen MR) is 168 cm³/mol. The molecule has 0 aromatic heterocycles. The number of anilines is 1. The Kier molecular flexibility index (Phi) is 11.0. The fourth-order valence-electron chi connectivity index (χ4n) is 5.42. The summed E-state index contributed by atoms with van der Waals surface area (Å²) >= 11 is 6.49. The molecule has 4 rings (SSSR count). The van der Waals surface area contributed by atoms with Crippen molar-refractivity contribution < 1.29 is 18.0 Å². The molecule has 42 heavy (non-hydrogen) atoms. The third kappa shape index (κ3) is 7.72. The molecule has 0 aliphatic heterocycles. The van der Waals surface area contributed by atoms with E-state index in [0.717, 1.165) is 48.4 Å². The molecule has 0 saturated heterocycles. The fourth-order valence-corrected chi connectivity index (χ4v) is 7.05. The minimum Gasteiger partial charge on any atom is -0.352 e. The van der Waals surface area contributed by atoms with E-state index in [0.29, 0.717) is 22.7 Å². The molecule has 9 heteroatoms. The van der Waals surface area contributed by atoms with Crippen molar-refractivity contribution in [2.24, 2.45) is 0 Å². The van der Waals surface area contributed by atoms with Crippen molar-refractivity contribution in [2.75, 3.05) is 10.8 Å². The zero-order valence-electron chi connectivity index (χ0n) is 24.3. The number of halogens is 1. The maximum absolute atomic E-state index is 14.2. The number of aryl methyl sites for hydroxylation is 1. The van der Waals surface area contributed by atoms with Crippen molar-refractivity contribution in [3.05, 3.63) is 95.0 Å². The molecule has 1 fully saturated rings. The van der Waals surface area contributed by atoms with Crippen molar-refractivity contribution in [2.45, 2.75) is 82.3 Å². The highest BCUT2D eigenvalue weighted by Gasteiger charge is 2.34. The van der Waals surface area contributed by atoms with Crippen molar-refractivity contribution >= 4 is 39.1 Å². The van der Waals surface area contributed by atoms with Crippen molar-refractivity contribution in [1.29, 1.82) is 0 Å². The summed E-state index contributed by atoms with van der Waals surface area (Å²) in [4.78, 5) is 29.4. The zero-order valence-corrected chi connectivity index (χ0v) is 25.9. The highest BCUT2D eigenvalue weighted by Crippen LogP contribution is 2.26. The fraction of sp³-hybridized carbons (Fsp3) is 0.394. The van der Waals surface area contributed by atoms with Crippen LogP contribution in [0.4, 0.5) is 5.69 Å². The first-order chi connectivity index (χ1) is 20.2. The number of benzene rings is 3. The summed E-state index contributed by atoms with van der Waals surface area (Å²) in [6, 6.07) is 21.7. The lowest BCUT2D eigenvalue weighted by Crippen LogP contribution is -2.54. The standard InChI is InChI=1S/C33H40ClN3O4S/c1-3-25-19-21-28(22-20-25)37(42(40,41)29-16-9-6-10-17-29)24-32(38)36(23-26-13-11-12-18-30(26)34)31(4-2)33(39)35-27-14-7-5-8-15-27/h6,9-13,16-22,27,31H,3-5,7-8,14-15,23-24H2,1-2H3,(H,35,39)/t31-/m1/s1. The minimum atomic E-state index is -4.10. The molecule has 0 bridgehead atoms. The largest absolute Gasteiger partial charge is 0.352 e. The molecule has 0 radical (unpaired) electrons. The van der Waals surface area contributed by atoms with Crippen LogP contribution in [0.25, 0.3) is 0 Å². The van der Waals surface area contributed by atoms with Crippen molar-refractivity contribution in [3.63, 3.8) is 0 Å². The second-order valence-electron chi connectivity index (χ2n) is 10.7. The summed E-state index contributed by atoms with van der Waals surface area (Å²) in [7, 11) is -4.10. The average molecular weight is 610 g/mol. The number of nitrogens with zero attached hydrogens (tertiary/aromatic N) is 2. The molecule has 224 valence electrons. The number of carbonyl (C=O) groups is 2. The lowest BCUT2D eigenvalue weighted by Gasteiger charge is -2.34. The van der Waals surface area contributed by atoms with E-state index in [-0.39, 0.29) is 23.4 Å². The monoisotopic (exact) mass is 609 g/mol. The van der Waals surface area contributed by atoms with Gasteiger partial charge in [0, 0.05) is 17.6 Å². The Morgan fingerprint density at radius 2 is 1.55 bits per heavy atom. The Morgan fingerprint density at radius 1 is 0.905 bits per heavy atom. The highest BCUT2D eigenvalue weighted by molar-refractivity contribution is 7.92. The summed E-state index contributed by atoms with van der Waals surface area (Å²) < 4.78 is 29.0. The normalized spacial score (nSPS) is 14.6. The predicted octanol–water partition coefficient (Wildman–Crippen LogP) is 6.35. The van der Waals surface area contributed by atoms with Gasteiger partial charge in [-0.3, -0.25) is 13.9 Å². The number of amides is 2. The Labute approximate surface area is 254 Å². The third-order valence-corrected chi connectivity index (χ3v) is 10.0. The Hall–Kier alpha value is -3.36. The van der Waals surface area contributed by atoms with Gasteiger partial charge in [0.25, 0.3) is 10.0 Å². The van der Waals surface area contributed by atoms with E-state index in [4.69, 9.17) is 11.6 Å². The number of hydrogen-bond acceptors (Lipinski definition) is 4. The quantitative estimate of drug-likeness (QED) is 0.259. The van der Waals surface area contributed by atoms with Crippen LogP contribution in [0, 0.1) is 0 Å². The first-order valence-electron chi connectivity index (χ1n) is 14.7. The maximum atomic E-state index is 14.2. The van der Waals surface area contributed by atoms with Gasteiger partial charge in [-0.05, 0) is 67.1 Å². The topological polar surface area (TPSA) is 86.8 Å². The van der Waals surface area contributed by atoms with Crippen LogP contribution in [0.15, 0.2) is 83.8 Å².